The number of nitrogens with one attached hydrogen (secondary N) is 2. The van der Waals surface area contributed by atoms with Crippen molar-refractivity contribution < 1.29 is 9.59 Å². The maximum absolute atomic E-state index is 12.0. The van der Waals surface area contributed by atoms with Gasteiger partial charge < -0.3 is 10.6 Å². The molecule has 4 nitrogen and oxygen atoms in total. The molecule has 2 aromatic carbocycles. The van der Waals surface area contributed by atoms with E-state index in [4.69, 9.17) is 23.2 Å². The van der Waals surface area contributed by atoms with Crippen LogP contribution in [0, 0.1) is 6.92 Å². The molecule has 120 valence electrons. The van der Waals surface area contributed by atoms with E-state index in [0.29, 0.717) is 15.6 Å². The van der Waals surface area contributed by atoms with Crippen molar-refractivity contribution in [1.82, 2.24) is 10.6 Å². The fourth-order valence-corrected chi connectivity index (χ4v) is 2.48. The summed E-state index contributed by atoms with van der Waals surface area (Å²) >= 11 is 11.8. The van der Waals surface area contributed by atoms with Crippen LogP contribution in [0.3, 0.4) is 0 Å². The molecular weight excluding hydrogens is 335 g/mol. The fraction of sp³-hybridized carbons (Fsp3) is 0.176. The molecule has 0 bridgehead atoms. The van der Waals surface area contributed by atoms with Crippen LogP contribution in [0.4, 0.5) is 0 Å². The highest BCUT2D eigenvalue weighted by atomic mass is 35.5. The highest BCUT2D eigenvalue weighted by Gasteiger charge is 2.10. The van der Waals surface area contributed by atoms with Gasteiger partial charge in [-0.1, -0.05) is 47.5 Å². The van der Waals surface area contributed by atoms with Crippen molar-refractivity contribution >= 4 is 35.0 Å². The minimum Gasteiger partial charge on any atom is -0.350 e. The molecule has 2 aromatic rings. The van der Waals surface area contributed by atoms with Gasteiger partial charge >= 0.3 is 0 Å². The first-order chi connectivity index (χ1) is 11.0. The van der Waals surface area contributed by atoms with Crippen LogP contribution in [0.25, 0.3) is 0 Å². The molecule has 2 N–H and O–H groups in total. The summed E-state index contributed by atoms with van der Waals surface area (Å²) in [6, 6.07) is 12.3. The van der Waals surface area contributed by atoms with Gasteiger partial charge in [0, 0.05) is 22.2 Å². The SMILES string of the molecule is Cc1ccccc1C(=O)NCC(=O)NCc1ccc(Cl)cc1Cl. The van der Waals surface area contributed by atoms with Gasteiger partial charge in [-0.2, -0.15) is 0 Å². The number of benzene rings is 2. The monoisotopic (exact) mass is 350 g/mol. The van der Waals surface area contributed by atoms with Gasteiger partial charge in [-0.15, -0.1) is 0 Å². The van der Waals surface area contributed by atoms with Crippen molar-refractivity contribution in [2.45, 2.75) is 13.5 Å². The van der Waals surface area contributed by atoms with Crippen LogP contribution in [0.2, 0.25) is 10.0 Å². The second kappa shape index (κ2) is 7.99. The quantitative estimate of drug-likeness (QED) is 0.868. The van der Waals surface area contributed by atoms with E-state index in [-0.39, 0.29) is 24.9 Å². The molecule has 0 saturated carbocycles. The summed E-state index contributed by atoms with van der Waals surface area (Å²) in [6.07, 6.45) is 0. The average molecular weight is 351 g/mol. The summed E-state index contributed by atoms with van der Waals surface area (Å²) in [4.78, 5) is 23.8. The third-order valence-electron chi connectivity index (χ3n) is 3.29. The molecule has 0 spiro atoms. The van der Waals surface area contributed by atoms with Gasteiger partial charge in [0.05, 0.1) is 6.54 Å². The summed E-state index contributed by atoms with van der Waals surface area (Å²) in [5.41, 5.74) is 2.18. The second-order valence-corrected chi connectivity index (χ2v) is 5.85. The standard InChI is InChI=1S/C17H16Cl2N2O2/c1-11-4-2-3-5-14(11)17(23)21-10-16(22)20-9-12-6-7-13(18)8-15(12)19/h2-8H,9-10H2,1H3,(H,20,22)(H,21,23). The lowest BCUT2D eigenvalue weighted by molar-refractivity contribution is -0.120. The van der Waals surface area contributed by atoms with E-state index in [1.165, 1.54) is 0 Å². The highest BCUT2D eigenvalue weighted by Crippen LogP contribution is 2.20. The lowest BCUT2D eigenvalue weighted by atomic mass is 10.1. The van der Waals surface area contributed by atoms with Crippen LogP contribution in [0.15, 0.2) is 42.5 Å². The van der Waals surface area contributed by atoms with Crippen molar-refractivity contribution in [3.8, 4) is 0 Å². The van der Waals surface area contributed by atoms with E-state index >= 15 is 0 Å². The van der Waals surface area contributed by atoms with E-state index in [1.54, 1.807) is 30.3 Å². The van der Waals surface area contributed by atoms with Gasteiger partial charge in [-0.05, 0) is 36.2 Å². The number of carbonyl (C=O) groups excluding carboxylic acids is 2. The zero-order valence-electron chi connectivity index (χ0n) is 12.5. The first kappa shape index (κ1) is 17.3. The molecule has 2 amide bonds. The summed E-state index contributed by atoms with van der Waals surface area (Å²) < 4.78 is 0. The van der Waals surface area contributed by atoms with Crippen LogP contribution in [0.1, 0.15) is 21.5 Å². The van der Waals surface area contributed by atoms with Crippen molar-refractivity contribution in [2.75, 3.05) is 6.54 Å². The molecule has 0 aliphatic heterocycles. The highest BCUT2D eigenvalue weighted by molar-refractivity contribution is 6.35. The Balaban J connectivity index is 1.83. The van der Waals surface area contributed by atoms with Crippen molar-refractivity contribution in [3.63, 3.8) is 0 Å². The summed E-state index contributed by atoms with van der Waals surface area (Å²) in [6.45, 7) is 2.02. The van der Waals surface area contributed by atoms with E-state index < -0.39 is 0 Å². The van der Waals surface area contributed by atoms with Crippen molar-refractivity contribution in [1.29, 1.82) is 0 Å². The van der Waals surface area contributed by atoms with Crippen LogP contribution in [-0.2, 0) is 11.3 Å². The van der Waals surface area contributed by atoms with E-state index in [0.717, 1.165) is 11.1 Å². The van der Waals surface area contributed by atoms with Crippen LogP contribution in [-0.4, -0.2) is 18.4 Å². The predicted molar refractivity (Wildman–Crippen MR) is 91.8 cm³/mol. The van der Waals surface area contributed by atoms with E-state index in [2.05, 4.69) is 10.6 Å². The zero-order chi connectivity index (χ0) is 16.8. The number of carbonyl (C=O) groups is 2. The Morgan fingerprint density at radius 2 is 1.78 bits per heavy atom. The molecule has 0 aliphatic rings. The summed E-state index contributed by atoms with van der Waals surface area (Å²) in [7, 11) is 0. The Bertz CT molecular complexity index is 732. The molecule has 23 heavy (non-hydrogen) atoms. The van der Waals surface area contributed by atoms with Gasteiger partial charge in [0.1, 0.15) is 0 Å². The number of halogens is 2. The van der Waals surface area contributed by atoms with E-state index in [9.17, 15) is 9.59 Å². The number of aryl methyl sites for hydroxylation is 1. The first-order valence-corrected chi connectivity index (χ1v) is 7.77. The van der Waals surface area contributed by atoms with Gasteiger partial charge in [-0.3, -0.25) is 9.59 Å². The Morgan fingerprint density at radius 1 is 1.04 bits per heavy atom. The van der Waals surface area contributed by atoms with Crippen LogP contribution >= 0.6 is 23.2 Å². The fourth-order valence-electron chi connectivity index (χ4n) is 2.00. The predicted octanol–water partition coefficient (Wildman–Crippen LogP) is 3.35. The molecule has 0 heterocycles. The van der Waals surface area contributed by atoms with Gasteiger partial charge in [0.15, 0.2) is 0 Å². The molecule has 0 unspecified atom stereocenters. The maximum atomic E-state index is 12.0. The molecule has 0 saturated heterocycles. The minimum absolute atomic E-state index is 0.0988. The first-order valence-electron chi connectivity index (χ1n) is 7.02. The summed E-state index contributed by atoms with van der Waals surface area (Å²) in [5.74, 6) is -0.569. The molecule has 0 aliphatic carbocycles. The smallest absolute Gasteiger partial charge is 0.251 e. The number of rotatable bonds is 5. The molecule has 6 heteroatoms. The number of hydrogen-bond donors (Lipinski definition) is 2. The molecular formula is C17H16Cl2N2O2. The lowest BCUT2D eigenvalue weighted by Gasteiger charge is -2.09. The van der Waals surface area contributed by atoms with Gasteiger partial charge in [0.25, 0.3) is 5.91 Å². The largest absolute Gasteiger partial charge is 0.350 e. The van der Waals surface area contributed by atoms with Gasteiger partial charge in [0.2, 0.25) is 5.91 Å². The maximum Gasteiger partial charge on any atom is 0.251 e. The van der Waals surface area contributed by atoms with Crippen molar-refractivity contribution in [2.24, 2.45) is 0 Å². The third kappa shape index (κ3) is 4.98. The summed E-state index contributed by atoms with van der Waals surface area (Å²) in [5, 5.41) is 6.32. The average Bonchev–Trinajstić information content (AvgIpc) is 2.52. The van der Waals surface area contributed by atoms with Crippen molar-refractivity contribution in [3.05, 3.63) is 69.2 Å². The third-order valence-corrected chi connectivity index (χ3v) is 3.88. The second-order valence-electron chi connectivity index (χ2n) is 5.01. The zero-order valence-corrected chi connectivity index (χ0v) is 14.0. The molecule has 2 rings (SSSR count). The molecule has 0 aromatic heterocycles. The van der Waals surface area contributed by atoms with Crippen LogP contribution in [0.5, 0.6) is 0 Å². The van der Waals surface area contributed by atoms with Gasteiger partial charge in [-0.25, -0.2) is 0 Å². The Hall–Kier alpha value is -2.04. The number of amides is 2. The van der Waals surface area contributed by atoms with Crippen LogP contribution < -0.4 is 10.6 Å². The Morgan fingerprint density at radius 3 is 2.48 bits per heavy atom. The normalized spacial score (nSPS) is 10.2. The molecule has 0 radical (unpaired) electrons. The Kier molecular flexibility index (Phi) is 6.02. The van der Waals surface area contributed by atoms with E-state index in [1.807, 2.05) is 19.1 Å². The number of hydrogen-bond acceptors (Lipinski definition) is 2. The molecule has 0 atom stereocenters. The molecule has 0 fully saturated rings. The minimum atomic E-state index is -0.294. The topological polar surface area (TPSA) is 58.2 Å². The lowest BCUT2D eigenvalue weighted by Crippen LogP contribution is -2.36. The Labute approximate surface area is 144 Å².